The first-order valence-electron chi connectivity index (χ1n) is 7.07. The van der Waals surface area contributed by atoms with Crippen LogP contribution in [0.1, 0.15) is 46.5 Å². The monoisotopic (exact) mass is 322 g/mol. The van der Waals surface area contributed by atoms with Gasteiger partial charge in [0.1, 0.15) is 12.1 Å². The summed E-state index contributed by atoms with van der Waals surface area (Å²) in [6.07, 6.45) is 3.09. The number of unbranched alkanes of at least 4 members (excludes halogenated alkanes) is 1. The van der Waals surface area contributed by atoms with E-state index in [2.05, 4.69) is 10.0 Å². The highest BCUT2D eigenvalue weighted by Crippen LogP contribution is 2.08. The van der Waals surface area contributed by atoms with Crippen LogP contribution < -0.4 is 10.0 Å². The Morgan fingerprint density at radius 1 is 1.19 bits per heavy atom. The van der Waals surface area contributed by atoms with Crippen LogP contribution in [0.25, 0.3) is 0 Å². The highest BCUT2D eigenvalue weighted by molar-refractivity contribution is 7.88. The van der Waals surface area contributed by atoms with Crippen molar-refractivity contribution in [3.63, 3.8) is 0 Å². The molecule has 7 nitrogen and oxygen atoms in total. The summed E-state index contributed by atoms with van der Waals surface area (Å²) < 4.78 is 24.9. The van der Waals surface area contributed by atoms with Crippen molar-refractivity contribution in [2.45, 2.75) is 58.5 Å². The molecule has 0 aromatic carbocycles. The number of carbonyl (C=O) groups is 2. The van der Waals surface area contributed by atoms with Gasteiger partial charge in [-0.25, -0.2) is 17.9 Å². The third-order valence-electron chi connectivity index (χ3n) is 2.84. The number of hydrogen-bond acceptors (Lipinski definition) is 4. The summed E-state index contributed by atoms with van der Waals surface area (Å²) in [6, 6.07) is -1.95. The lowest BCUT2D eigenvalue weighted by Gasteiger charge is -2.22. The van der Waals surface area contributed by atoms with E-state index in [1.807, 2.05) is 20.8 Å². The minimum atomic E-state index is -3.55. The standard InChI is InChI=1S/C13H26N2O5S/c1-5-6-7-10(13(17)18)14-12(16)11(8-9(2)3)15-21(4,19)20/h9-11,15H,5-8H2,1-4H3,(H,14,16)(H,17,18). The number of sulfonamides is 1. The summed E-state index contributed by atoms with van der Waals surface area (Å²) in [4.78, 5) is 23.3. The Balaban J connectivity index is 4.88. The maximum atomic E-state index is 12.1. The van der Waals surface area contributed by atoms with Crippen LogP contribution in [0, 0.1) is 5.92 Å². The van der Waals surface area contributed by atoms with Crippen LogP contribution >= 0.6 is 0 Å². The average Bonchev–Trinajstić information content (AvgIpc) is 2.30. The number of rotatable bonds is 10. The molecule has 2 unspecified atom stereocenters. The molecular formula is C13H26N2O5S. The van der Waals surface area contributed by atoms with Crippen molar-refractivity contribution in [2.24, 2.45) is 5.92 Å². The van der Waals surface area contributed by atoms with Crippen molar-refractivity contribution >= 4 is 21.9 Å². The maximum Gasteiger partial charge on any atom is 0.326 e. The highest BCUT2D eigenvalue weighted by atomic mass is 32.2. The third-order valence-corrected chi connectivity index (χ3v) is 3.55. The predicted molar refractivity (Wildman–Crippen MR) is 80.3 cm³/mol. The molecule has 0 saturated heterocycles. The van der Waals surface area contributed by atoms with E-state index >= 15 is 0 Å². The number of aliphatic carboxylic acids is 1. The number of carbonyl (C=O) groups excluding carboxylic acids is 1. The van der Waals surface area contributed by atoms with Gasteiger partial charge in [0.15, 0.2) is 0 Å². The Kier molecular flexibility index (Phi) is 8.50. The lowest BCUT2D eigenvalue weighted by atomic mass is 10.0. The Bertz CT molecular complexity index is 447. The molecule has 3 N–H and O–H groups in total. The topological polar surface area (TPSA) is 113 Å². The predicted octanol–water partition coefficient (Wildman–Crippen LogP) is 0.710. The van der Waals surface area contributed by atoms with Crippen LogP contribution in [0.5, 0.6) is 0 Å². The summed E-state index contributed by atoms with van der Waals surface area (Å²) in [6.45, 7) is 5.64. The van der Waals surface area contributed by atoms with E-state index in [1.54, 1.807) is 0 Å². The third kappa shape index (κ3) is 9.41. The van der Waals surface area contributed by atoms with Gasteiger partial charge in [-0.3, -0.25) is 4.79 Å². The summed E-state index contributed by atoms with van der Waals surface area (Å²) in [5.74, 6) is -1.62. The molecule has 8 heteroatoms. The molecule has 1 amide bonds. The highest BCUT2D eigenvalue weighted by Gasteiger charge is 2.27. The fourth-order valence-corrected chi connectivity index (χ4v) is 2.60. The van der Waals surface area contributed by atoms with Gasteiger partial charge in [0.25, 0.3) is 0 Å². The smallest absolute Gasteiger partial charge is 0.326 e. The van der Waals surface area contributed by atoms with Gasteiger partial charge >= 0.3 is 5.97 Å². The first kappa shape index (κ1) is 19.9. The quantitative estimate of drug-likeness (QED) is 0.548. The van der Waals surface area contributed by atoms with Gasteiger partial charge in [0, 0.05) is 0 Å². The molecule has 0 rings (SSSR count). The van der Waals surface area contributed by atoms with Gasteiger partial charge in [-0.2, -0.15) is 0 Å². The summed E-state index contributed by atoms with van der Waals surface area (Å²) >= 11 is 0. The molecule has 0 fully saturated rings. The molecule has 0 saturated carbocycles. The van der Waals surface area contributed by atoms with Crippen LogP contribution in [-0.4, -0.2) is 43.7 Å². The molecule has 0 bridgehead atoms. The summed E-state index contributed by atoms with van der Waals surface area (Å²) in [5, 5.41) is 11.5. The van der Waals surface area contributed by atoms with E-state index in [0.29, 0.717) is 19.3 Å². The van der Waals surface area contributed by atoms with E-state index in [9.17, 15) is 18.0 Å². The number of carboxylic acids is 1. The fourth-order valence-electron chi connectivity index (χ4n) is 1.88. The van der Waals surface area contributed by atoms with Crippen molar-refractivity contribution < 1.29 is 23.1 Å². The van der Waals surface area contributed by atoms with Crippen LogP contribution in [0.3, 0.4) is 0 Å². The lowest BCUT2D eigenvalue weighted by molar-refractivity contribution is -0.142. The van der Waals surface area contributed by atoms with Crippen LogP contribution in [-0.2, 0) is 19.6 Å². The van der Waals surface area contributed by atoms with Crippen LogP contribution in [0.4, 0.5) is 0 Å². The minimum Gasteiger partial charge on any atom is -0.480 e. The zero-order valence-electron chi connectivity index (χ0n) is 13.0. The second-order valence-electron chi connectivity index (χ2n) is 5.61. The molecule has 2 atom stereocenters. The number of carboxylic acid groups (broad SMARTS) is 1. The Morgan fingerprint density at radius 2 is 1.76 bits per heavy atom. The van der Waals surface area contributed by atoms with Crippen molar-refractivity contribution in [1.29, 1.82) is 0 Å². The Morgan fingerprint density at radius 3 is 2.14 bits per heavy atom. The van der Waals surface area contributed by atoms with Gasteiger partial charge in [0.2, 0.25) is 15.9 Å². The first-order chi connectivity index (χ1) is 9.56. The first-order valence-corrected chi connectivity index (χ1v) is 8.96. The molecule has 0 heterocycles. The van der Waals surface area contributed by atoms with Gasteiger partial charge < -0.3 is 10.4 Å². The normalized spacial score (nSPS) is 14.7. The van der Waals surface area contributed by atoms with E-state index in [4.69, 9.17) is 5.11 Å². The molecule has 0 spiro atoms. The molecule has 124 valence electrons. The molecule has 0 aromatic rings. The van der Waals surface area contributed by atoms with Crippen molar-refractivity contribution in [1.82, 2.24) is 10.0 Å². The molecule has 21 heavy (non-hydrogen) atoms. The van der Waals surface area contributed by atoms with Crippen LogP contribution in [0.15, 0.2) is 0 Å². The van der Waals surface area contributed by atoms with E-state index < -0.39 is 34.0 Å². The fraction of sp³-hybridized carbons (Fsp3) is 0.846. The minimum absolute atomic E-state index is 0.0916. The molecule has 0 aliphatic heterocycles. The van der Waals surface area contributed by atoms with Gasteiger partial charge in [-0.05, 0) is 18.8 Å². The maximum absolute atomic E-state index is 12.1. The summed E-state index contributed by atoms with van der Waals surface area (Å²) in [5.41, 5.74) is 0. The average molecular weight is 322 g/mol. The van der Waals surface area contributed by atoms with E-state index in [1.165, 1.54) is 0 Å². The van der Waals surface area contributed by atoms with Gasteiger partial charge in [-0.15, -0.1) is 0 Å². The molecule has 0 aliphatic carbocycles. The molecule has 0 radical (unpaired) electrons. The zero-order valence-corrected chi connectivity index (χ0v) is 13.9. The number of nitrogens with one attached hydrogen (secondary N) is 2. The second-order valence-corrected chi connectivity index (χ2v) is 7.39. The zero-order chi connectivity index (χ0) is 16.6. The lowest BCUT2D eigenvalue weighted by Crippen LogP contribution is -2.51. The van der Waals surface area contributed by atoms with Crippen molar-refractivity contribution in [3.8, 4) is 0 Å². The van der Waals surface area contributed by atoms with E-state index in [-0.39, 0.29) is 5.92 Å². The Hall–Kier alpha value is -1.15. The molecule has 0 aromatic heterocycles. The van der Waals surface area contributed by atoms with Crippen LogP contribution in [0.2, 0.25) is 0 Å². The van der Waals surface area contributed by atoms with Gasteiger partial charge in [0.05, 0.1) is 6.26 Å². The SMILES string of the molecule is CCCCC(NC(=O)C(CC(C)C)NS(C)(=O)=O)C(=O)O. The van der Waals surface area contributed by atoms with Gasteiger partial charge in [-0.1, -0.05) is 33.6 Å². The van der Waals surface area contributed by atoms with Crippen molar-refractivity contribution in [3.05, 3.63) is 0 Å². The largest absolute Gasteiger partial charge is 0.480 e. The second kappa shape index (κ2) is 8.99. The van der Waals surface area contributed by atoms with E-state index in [0.717, 1.165) is 12.7 Å². The van der Waals surface area contributed by atoms with Crippen molar-refractivity contribution in [2.75, 3.05) is 6.26 Å². The number of hydrogen-bond donors (Lipinski definition) is 3. The molecule has 0 aliphatic rings. The number of amides is 1. The summed E-state index contributed by atoms with van der Waals surface area (Å²) in [7, 11) is -3.55. The molecular weight excluding hydrogens is 296 g/mol. The Labute approximate surface area is 126 Å².